The van der Waals surface area contributed by atoms with Crippen molar-refractivity contribution in [3.05, 3.63) is 53.6 Å². The third kappa shape index (κ3) is 4.72. The van der Waals surface area contributed by atoms with Crippen LogP contribution in [-0.4, -0.2) is 55.3 Å². The van der Waals surface area contributed by atoms with Gasteiger partial charge in [-0.3, -0.25) is 4.79 Å². The topological polar surface area (TPSA) is 87.2 Å². The van der Waals surface area contributed by atoms with E-state index in [1.165, 1.54) is 34.6 Å². The van der Waals surface area contributed by atoms with Gasteiger partial charge in [0.1, 0.15) is 5.75 Å². The standard InChI is InChI=1S/C23H25F3N2O5S/c1-14-12-27(18-6-8-19(9-7-18)33-23(24,25)26)13-15(2)28(14)34(31,32)21-5-3-4-16-10-17(22(29)30)11-20(16)21/h3-9,14-15,17H,10-13H2,1-2H3,(H,29,30)/t14?,15?,17-/m0/s1. The van der Waals surface area contributed by atoms with E-state index in [0.717, 1.165) is 5.56 Å². The number of carboxylic acids is 1. The first-order chi connectivity index (χ1) is 15.9. The zero-order valence-corrected chi connectivity index (χ0v) is 19.4. The van der Waals surface area contributed by atoms with Gasteiger partial charge >= 0.3 is 12.3 Å². The number of ether oxygens (including phenoxy) is 1. The number of carbonyl (C=O) groups is 1. The van der Waals surface area contributed by atoms with E-state index in [2.05, 4.69) is 4.74 Å². The number of anilines is 1. The van der Waals surface area contributed by atoms with E-state index in [1.807, 2.05) is 4.90 Å². The SMILES string of the molecule is CC1CN(c2ccc(OC(F)(F)F)cc2)CC(C)N1S(=O)(=O)c1cccc2c1C[C@@H](C(=O)O)C2. The number of nitrogens with zero attached hydrogens (tertiary/aromatic N) is 2. The average molecular weight is 499 g/mol. The molecule has 1 fully saturated rings. The molecule has 1 aliphatic heterocycles. The number of halogens is 3. The van der Waals surface area contributed by atoms with E-state index in [1.54, 1.807) is 26.0 Å². The number of fused-ring (bicyclic) bond motifs is 1. The molecule has 1 aliphatic carbocycles. The van der Waals surface area contributed by atoms with E-state index < -0.39 is 40.4 Å². The van der Waals surface area contributed by atoms with Crippen LogP contribution >= 0.6 is 0 Å². The summed E-state index contributed by atoms with van der Waals surface area (Å²) in [6, 6.07) is 9.59. The Balaban J connectivity index is 1.55. The van der Waals surface area contributed by atoms with Gasteiger partial charge in [-0.2, -0.15) is 4.31 Å². The van der Waals surface area contributed by atoms with Crippen LogP contribution in [0.5, 0.6) is 5.75 Å². The first kappa shape index (κ1) is 24.3. The lowest BCUT2D eigenvalue weighted by Crippen LogP contribution is -2.58. The van der Waals surface area contributed by atoms with E-state index in [-0.39, 0.29) is 17.1 Å². The Morgan fingerprint density at radius 3 is 2.21 bits per heavy atom. The van der Waals surface area contributed by atoms with E-state index >= 15 is 0 Å². The maximum atomic E-state index is 13.7. The summed E-state index contributed by atoms with van der Waals surface area (Å²) in [4.78, 5) is 13.5. The molecule has 2 aliphatic rings. The molecule has 0 radical (unpaired) electrons. The highest BCUT2D eigenvalue weighted by Gasteiger charge is 2.41. The summed E-state index contributed by atoms with van der Waals surface area (Å²) in [5.74, 6) is -1.90. The second-order valence-corrected chi connectivity index (χ2v) is 10.6. The van der Waals surface area contributed by atoms with E-state index in [4.69, 9.17) is 0 Å². The monoisotopic (exact) mass is 498 g/mol. The predicted molar refractivity (Wildman–Crippen MR) is 118 cm³/mol. The number of hydrogen-bond donors (Lipinski definition) is 1. The lowest BCUT2D eigenvalue weighted by molar-refractivity contribution is -0.274. The number of alkyl halides is 3. The molecule has 2 aromatic carbocycles. The maximum Gasteiger partial charge on any atom is 0.573 e. The lowest BCUT2D eigenvalue weighted by atomic mass is 10.1. The van der Waals surface area contributed by atoms with Crippen molar-refractivity contribution in [2.75, 3.05) is 18.0 Å². The molecule has 0 aromatic heterocycles. The molecule has 11 heteroatoms. The van der Waals surface area contributed by atoms with Crippen molar-refractivity contribution in [3.63, 3.8) is 0 Å². The van der Waals surface area contributed by atoms with Crippen molar-refractivity contribution < 1.29 is 36.2 Å². The number of hydrogen-bond acceptors (Lipinski definition) is 5. The Morgan fingerprint density at radius 1 is 1.03 bits per heavy atom. The minimum Gasteiger partial charge on any atom is -0.481 e. The normalized spacial score (nSPS) is 23.6. The fraction of sp³-hybridized carbons (Fsp3) is 0.435. The fourth-order valence-corrected chi connectivity index (χ4v) is 7.08. The number of aliphatic carboxylic acids is 1. The largest absolute Gasteiger partial charge is 0.573 e. The van der Waals surface area contributed by atoms with Crippen molar-refractivity contribution >= 4 is 21.7 Å². The number of carboxylic acid groups (broad SMARTS) is 1. The van der Waals surface area contributed by atoms with Crippen LogP contribution in [0.3, 0.4) is 0 Å². The van der Waals surface area contributed by atoms with Gasteiger partial charge in [0, 0.05) is 30.9 Å². The van der Waals surface area contributed by atoms with Crippen LogP contribution in [0.1, 0.15) is 25.0 Å². The van der Waals surface area contributed by atoms with Gasteiger partial charge in [-0.25, -0.2) is 8.42 Å². The Morgan fingerprint density at radius 2 is 1.65 bits per heavy atom. The molecule has 2 aromatic rings. The average Bonchev–Trinajstić information content (AvgIpc) is 3.17. The zero-order chi connectivity index (χ0) is 24.8. The summed E-state index contributed by atoms with van der Waals surface area (Å²) < 4.78 is 70.0. The summed E-state index contributed by atoms with van der Waals surface area (Å²) in [6.07, 6.45) is -4.29. The summed E-state index contributed by atoms with van der Waals surface area (Å²) in [5, 5.41) is 9.39. The number of piperazine rings is 1. The summed E-state index contributed by atoms with van der Waals surface area (Å²) in [7, 11) is -3.90. The molecule has 0 bridgehead atoms. The molecule has 0 spiro atoms. The minimum absolute atomic E-state index is 0.148. The van der Waals surface area contributed by atoms with Gasteiger partial charge < -0.3 is 14.7 Å². The van der Waals surface area contributed by atoms with Crippen LogP contribution in [0.25, 0.3) is 0 Å². The maximum absolute atomic E-state index is 13.7. The molecule has 4 rings (SSSR count). The van der Waals surface area contributed by atoms with Gasteiger partial charge in [-0.15, -0.1) is 13.2 Å². The summed E-state index contributed by atoms with van der Waals surface area (Å²) >= 11 is 0. The molecule has 1 saturated heterocycles. The second-order valence-electron chi connectivity index (χ2n) is 8.82. The minimum atomic E-state index is -4.77. The molecule has 7 nitrogen and oxygen atoms in total. The van der Waals surface area contributed by atoms with Crippen LogP contribution in [-0.2, 0) is 27.7 Å². The van der Waals surface area contributed by atoms with Crippen molar-refractivity contribution in [2.24, 2.45) is 5.92 Å². The smallest absolute Gasteiger partial charge is 0.481 e. The molecule has 1 heterocycles. The highest BCUT2D eigenvalue weighted by atomic mass is 32.2. The number of rotatable bonds is 5. The van der Waals surface area contributed by atoms with E-state index in [9.17, 15) is 31.5 Å². The molecule has 184 valence electrons. The Bertz CT molecular complexity index is 1170. The summed E-state index contributed by atoms with van der Waals surface area (Å²) in [5.41, 5.74) is 1.97. The van der Waals surface area contributed by atoms with Gasteiger partial charge in [0.2, 0.25) is 10.0 Å². The highest BCUT2D eigenvalue weighted by Crippen LogP contribution is 2.36. The zero-order valence-electron chi connectivity index (χ0n) is 18.6. The first-order valence-corrected chi connectivity index (χ1v) is 12.3. The van der Waals surface area contributed by atoms with Gasteiger partial charge in [-0.05, 0) is 68.1 Å². The third-order valence-corrected chi connectivity index (χ3v) is 8.54. The van der Waals surface area contributed by atoms with Crippen molar-refractivity contribution in [3.8, 4) is 5.75 Å². The molecule has 3 atom stereocenters. The molecule has 0 saturated carbocycles. The quantitative estimate of drug-likeness (QED) is 0.677. The number of sulfonamides is 1. The van der Waals surface area contributed by atoms with Gasteiger partial charge in [0.15, 0.2) is 0 Å². The molecular weight excluding hydrogens is 473 g/mol. The fourth-order valence-electron chi connectivity index (χ4n) is 5.00. The highest BCUT2D eigenvalue weighted by molar-refractivity contribution is 7.89. The van der Waals surface area contributed by atoms with Crippen LogP contribution in [0, 0.1) is 5.92 Å². The van der Waals surface area contributed by atoms with Crippen LogP contribution in [0.4, 0.5) is 18.9 Å². The Labute approximate surface area is 195 Å². The van der Waals surface area contributed by atoms with Crippen LogP contribution in [0.15, 0.2) is 47.4 Å². The Kier molecular flexibility index (Phi) is 6.28. The predicted octanol–water partition coefficient (Wildman–Crippen LogP) is 3.67. The molecule has 2 unspecified atom stereocenters. The second kappa shape index (κ2) is 8.77. The number of benzene rings is 2. The molecule has 34 heavy (non-hydrogen) atoms. The van der Waals surface area contributed by atoms with Gasteiger partial charge in [-0.1, -0.05) is 12.1 Å². The lowest BCUT2D eigenvalue weighted by Gasteiger charge is -2.44. The van der Waals surface area contributed by atoms with Crippen LogP contribution < -0.4 is 9.64 Å². The Hall–Kier alpha value is -2.79. The van der Waals surface area contributed by atoms with Gasteiger partial charge in [0.05, 0.1) is 10.8 Å². The third-order valence-electron chi connectivity index (χ3n) is 6.33. The van der Waals surface area contributed by atoms with Crippen molar-refractivity contribution in [2.45, 2.75) is 50.0 Å². The van der Waals surface area contributed by atoms with Crippen molar-refractivity contribution in [1.82, 2.24) is 4.31 Å². The summed E-state index contributed by atoms with van der Waals surface area (Å²) in [6.45, 7) is 4.25. The van der Waals surface area contributed by atoms with Crippen LogP contribution in [0.2, 0.25) is 0 Å². The molecular formula is C23H25F3N2O5S. The van der Waals surface area contributed by atoms with Gasteiger partial charge in [0.25, 0.3) is 0 Å². The first-order valence-electron chi connectivity index (χ1n) is 10.8. The van der Waals surface area contributed by atoms with E-state index in [0.29, 0.717) is 30.8 Å². The van der Waals surface area contributed by atoms with Crippen molar-refractivity contribution in [1.29, 1.82) is 0 Å². The molecule has 1 N–H and O–H groups in total. The molecule has 0 amide bonds.